The molecular weight excluding hydrogens is 460 g/mol. The minimum absolute atomic E-state index is 0.0132. The maximum absolute atomic E-state index is 13.2. The highest BCUT2D eigenvalue weighted by Gasteiger charge is 2.46. The third-order valence-corrected chi connectivity index (χ3v) is 6.29. The number of aliphatic hydroxyl groups is 1. The van der Waals surface area contributed by atoms with E-state index in [-0.39, 0.29) is 24.5 Å². The molecule has 5 rings (SSSR count). The molecule has 1 N–H and O–H groups in total. The van der Waals surface area contributed by atoms with E-state index in [9.17, 15) is 19.5 Å². The largest absolute Gasteiger partial charge is 0.507 e. The van der Waals surface area contributed by atoms with Crippen LogP contribution in [0.5, 0.6) is 5.75 Å². The average molecular weight is 485 g/mol. The van der Waals surface area contributed by atoms with Gasteiger partial charge < -0.3 is 19.5 Å². The second-order valence-corrected chi connectivity index (χ2v) is 8.52. The molecule has 1 saturated heterocycles. The fourth-order valence-corrected chi connectivity index (χ4v) is 4.54. The summed E-state index contributed by atoms with van der Waals surface area (Å²) in [5, 5.41) is 11.3. The summed E-state index contributed by atoms with van der Waals surface area (Å²) in [5.74, 6) is -1.44. The first-order valence-electron chi connectivity index (χ1n) is 11.7. The summed E-state index contributed by atoms with van der Waals surface area (Å²) >= 11 is 0. The molecule has 36 heavy (non-hydrogen) atoms. The van der Waals surface area contributed by atoms with Crippen molar-refractivity contribution in [2.75, 3.05) is 13.2 Å². The summed E-state index contributed by atoms with van der Waals surface area (Å²) < 4.78 is 10.6. The van der Waals surface area contributed by atoms with Gasteiger partial charge in [-0.3, -0.25) is 14.6 Å². The van der Waals surface area contributed by atoms with Crippen molar-refractivity contribution in [1.29, 1.82) is 0 Å². The number of ketones is 1. The number of esters is 1. The number of benzene rings is 2. The second kappa shape index (κ2) is 9.65. The summed E-state index contributed by atoms with van der Waals surface area (Å²) in [5.41, 5.74) is 2.93. The molecular formula is C28H24N2O6. The number of rotatable bonds is 6. The first-order chi connectivity index (χ1) is 17.5. The topological polar surface area (TPSA) is 106 Å². The first kappa shape index (κ1) is 23.3. The van der Waals surface area contributed by atoms with Crippen LogP contribution in [0.15, 0.2) is 72.4 Å². The molecule has 0 saturated carbocycles. The van der Waals surface area contributed by atoms with Crippen LogP contribution < -0.4 is 4.74 Å². The standard InChI is InChI=1S/C28H24N2O6/c1-2-35-28(34)18-8-6-17(7-9-18)16-30-24(21-5-3-4-13-29-21)23(26(32)27(30)33)25(31)20-10-11-22-19(15-20)12-14-36-22/h3-11,13,15,24,31H,2,12,14,16H2,1H3/b25-23-. The van der Waals surface area contributed by atoms with Crippen molar-refractivity contribution in [3.63, 3.8) is 0 Å². The fraction of sp³-hybridized carbons (Fsp3) is 0.214. The van der Waals surface area contributed by atoms with E-state index in [1.165, 1.54) is 4.90 Å². The molecule has 0 spiro atoms. The molecule has 1 amide bonds. The zero-order chi connectivity index (χ0) is 25.2. The van der Waals surface area contributed by atoms with E-state index < -0.39 is 23.7 Å². The molecule has 1 atom stereocenters. The highest BCUT2D eigenvalue weighted by molar-refractivity contribution is 6.46. The quantitative estimate of drug-likeness (QED) is 0.245. The van der Waals surface area contributed by atoms with E-state index in [1.807, 2.05) is 0 Å². The van der Waals surface area contributed by atoms with Gasteiger partial charge in [-0.1, -0.05) is 18.2 Å². The molecule has 3 heterocycles. The van der Waals surface area contributed by atoms with Gasteiger partial charge in [-0.15, -0.1) is 0 Å². The Hall–Kier alpha value is -4.46. The second-order valence-electron chi connectivity index (χ2n) is 8.52. The molecule has 0 aliphatic carbocycles. The molecule has 0 bridgehead atoms. The van der Waals surface area contributed by atoms with Crippen LogP contribution in [0.3, 0.4) is 0 Å². The van der Waals surface area contributed by atoms with Crippen LogP contribution in [0.25, 0.3) is 5.76 Å². The molecule has 2 aliphatic rings. The van der Waals surface area contributed by atoms with Gasteiger partial charge >= 0.3 is 5.97 Å². The van der Waals surface area contributed by atoms with Crippen LogP contribution in [0, 0.1) is 0 Å². The van der Waals surface area contributed by atoms with Crippen molar-refractivity contribution in [1.82, 2.24) is 9.88 Å². The SMILES string of the molecule is CCOC(=O)c1ccc(CN2C(=O)C(=O)/C(=C(\O)c3ccc4c(c3)CCO4)C2c2ccccn2)cc1. The van der Waals surface area contributed by atoms with Gasteiger partial charge in [0.2, 0.25) is 0 Å². The van der Waals surface area contributed by atoms with Gasteiger partial charge in [0, 0.05) is 24.7 Å². The maximum Gasteiger partial charge on any atom is 0.338 e. The number of nitrogens with zero attached hydrogens (tertiary/aromatic N) is 2. The number of carbonyl (C=O) groups is 3. The minimum Gasteiger partial charge on any atom is -0.507 e. The Morgan fingerprint density at radius 2 is 1.89 bits per heavy atom. The molecule has 2 aliphatic heterocycles. The summed E-state index contributed by atoms with van der Waals surface area (Å²) in [6.07, 6.45) is 2.28. The van der Waals surface area contributed by atoms with Crippen LogP contribution in [0.4, 0.5) is 0 Å². The number of hydrogen-bond donors (Lipinski definition) is 1. The molecule has 3 aromatic rings. The monoisotopic (exact) mass is 484 g/mol. The van der Waals surface area contributed by atoms with Crippen molar-refractivity contribution in [2.45, 2.75) is 25.9 Å². The lowest BCUT2D eigenvalue weighted by molar-refractivity contribution is -0.140. The number of ether oxygens (including phenoxy) is 2. The molecule has 0 radical (unpaired) electrons. The van der Waals surface area contributed by atoms with E-state index in [2.05, 4.69) is 4.98 Å². The van der Waals surface area contributed by atoms with Gasteiger partial charge in [-0.25, -0.2) is 4.79 Å². The fourth-order valence-electron chi connectivity index (χ4n) is 4.54. The lowest BCUT2D eigenvalue weighted by Crippen LogP contribution is -2.29. The Bertz CT molecular complexity index is 1360. The predicted molar refractivity (Wildman–Crippen MR) is 130 cm³/mol. The van der Waals surface area contributed by atoms with E-state index in [1.54, 1.807) is 73.8 Å². The number of Topliss-reactive ketones (excluding diaryl/α,β-unsaturated/α-hetero) is 1. The lowest BCUT2D eigenvalue weighted by Gasteiger charge is -2.24. The summed E-state index contributed by atoms with van der Waals surface area (Å²) in [6, 6.07) is 16.2. The Morgan fingerprint density at radius 1 is 1.11 bits per heavy atom. The van der Waals surface area contributed by atoms with Gasteiger partial charge in [-0.2, -0.15) is 0 Å². The van der Waals surface area contributed by atoms with Gasteiger partial charge in [-0.05, 0) is 60.5 Å². The third kappa shape index (κ3) is 4.22. The van der Waals surface area contributed by atoms with Crippen molar-refractivity contribution < 1.29 is 29.0 Å². The van der Waals surface area contributed by atoms with Gasteiger partial charge in [0.15, 0.2) is 0 Å². The summed E-state index contributed by atoms with van der Waals surface area (Å²) in [7, 11) is 0. The van der Waals surface area contributed by atoms with Gasteiger partial charge in [0.25, 0.3) is 11.7 Å². The number of likely N-dealkylation sites (tertiary alicyclic amines) is 1. The molecule has 1 fully saturated rings. The molecule has 8 nitrogen and oxygen atoms in total. The molecule has 1 aromatic heterocycles. The number of amides is 1. The number of fused-ring (bicyclic) bond motifs is 1. The van der Waals surface area contributed by atoms with Gasteiger partial charge in [0.05, 0.1) is 30.0 Å². The van der Waals surface area contributed by atoms with E-state index >= 15 is 0 Å². The van der Waals surface area contributed by atoms with Crippen LogP contribution in [0.2, 0.25) is 0 Å². The average Bonchev–Trinajstić information content (AvgIpc) is 3.47. The lowest BCUT2D eigenvalue weighted by atomic mass is 9.97. The Balaban J connectivity index is 1.53. The minimum atomic E-state index is -0.875. The number of aromatic nitrogens is 1. The molecule has 182 valence electrons. The Morgan fingerprint density at radius 3 is 2.61 bits per heavy atom. The Kier molecular flexibility index (Phi) is 6.25. The number of aliphatic hydroxyl groups excluding tert-OH is 1. The number of hydrogen-bond acceptors (Lipinski definition) is 7. The van der Waals surface area contributed by atoms with E-state index in [0.717, 1.165) is 11.3 Å². The number of carbonyl (C=O) groups excluding carboxylic acids is 3. The third-order valence-electron chi connectivity index (χ3n) is 6.29. The van der Waals surface area contributed by atoms with Gasteiger partial charge in [0.1, 0.15) is 17.6 Å². The maximum atomic E-state index is 13.2. The molecule has 2 aromatic carbocycles. The van der Waals surface area contributed by atoms with E-state index in [0.29, 0.717) is 35.4 Å². The first-order valence-corrected chi connectivity index (χ1v) is 11.7. The highest BCUT2D eigenvalue weighted by atomic mass is 16.5. The van der Waals surface area contributed by atoms with Crippen LogP contribution in [-0.4, -0.2) is 45.9 Å². The zero-order valence-electron chi connectivity index (χ0n) is 19.6. The van der Waals surface area contributed by atoms with Crippen molar-refractivity contribution in [3.05, 3.63) is 100 Å². The van der Waals surface area contributed by atoms with Crippen molar-refractivity contribution in [2.24, 2.45) is 0 Å². The molecule has 8 heteroatoms. The van der Waals surface area contributed by atoms with Crippen molar-refractivity contribution >= 4 is 23.4 Å². The van der Waals surface area contributed by atoms with Crippen molar-refractivity contribution in [3.8, 4) is 5.75 Å². The zero-order valence-corrected chi connectivity index (χ0v) is 19.6. The van der Waals surface area contributed by atoms with Crippen LogP contribution in [-0.2, 0) is 27.3 Å². The highest BCUT2D eigenvalue weighted by Crippen LogP contribution is 2.40. The normalized spacial score (nSPS) is 18.1. The van der Waals surface area contributed by atoms with Crippen LogP contribution >= 0.6 is 0 Å². The molecule has 1 unspecified atom stereocenters. The smallest absolute Gasteiger partial charge is 0.338 e. The predicted octanol–water partition coefficient (Wildman–Crippen LogP) is 3.82. The number of pyridine rings is 1. The Labute approximate surface area is 207 Å². The van der Waals surface area contributed by atoms with Crippen LogP contribution in [0.1, 0.15) is 45.7 Å². The summed E-state index contributed by atoms with van der Waals surface area (Å²) in [4.78, 5) is 44.2. The summed E-state index contributed by atoms with van der Waals surface area (Å²) in [6.45, 7) is 2.65. The van der Waals surface area contributed by atoms with E-state index in [4.69, 9.17) is 9.47 Å².